The van der Waals surface area contributed by atoms with Gasteiger partial charge in [-0.05, 0) is 45.4 Å². The van der Waals surface area contributed by atoms with Crippen LogP contribution in [-0.4, -0.2) is 18.0 Å². The Kier molecular flexibility index (Phi) is 5.39. The van der Waals surface area contributed by atoms with Gasteiger partial charge in [0.1, 0.15) is 0 Å². The summed E-state index contributed by atoms with van der Waals surface area (Å²) in [6.07, 6.45) is -4.33. The van der Waals surface area contributed by atoms with Crippen molar-refractivity contribution in [2.24, 2.45) is 0 Å². The Morgan fingerprint density at radius 3 is 2.10 bits per heavy atom. The molecule has 3 nitrogen and oxygen atoms in total. The van der Waals surface area contributed by atoms with Crippen molar-refractivity contribution in [3.63, 3.8) is 0 Å². The van der Waals surface area contributed by atoms with Gasteiger partial charge in [-0.15, -0.1) is 0 Å². The van der Waals surface area contributed by atoms with E-state index in [0.717, 1.165) is 12.1 Å². The number of alkyl halides is 3. The van der Waals surface area contributed by atoms with Crippen molar-refractivity contribution in [2.45, 2.75) is 45.5 Å². The monoisotopic (exact) mass is 302 g/mol. The van der Waals surface area contributed by atoms with Crippen LogP contribution in [0.15, 0.2) is 24.3 Å². The second-order valence-electron chi connectivity index (χ2n) is 6.02. The molecule has 1 aromatic rings. The summed E-state index contributed by atoms with van der Waals surface area (Å²) >= 11 is 0. The van der Waals surface area contributed by atoms with Crippen LogP contribution in [0.25, 0.3) is 0 Å². The van der Waals surface area contributed by atoms with Crippen molar-refractivity contribution in [1.29, 1.82) is 0 Å². The molecule has 1 amide bonds. The summed E-state index contributed by atoms with van der Waals surface area (Å²) < 4.78 is 37.4. The summed E-state index contributed by atoms with van der Waals surface area (Å²) in [7, 11) is 0. The molecule has 0 bridgehead atoms. The molecule has 0 spiro atoms. The van der Waals surface area contributed by atoms with Crippen LogP contribution < -0.4 is 10.6 Å². The molecule has 0 aliphatic carbocycles. The highest BCUT2D eigenvalue weighted by atomic mass is 19.4. The molecule has 0 heterocycles. The zero-order valence-corrected chi connectivity index (χ0v) is 12.6. The third kappa shape index (κ3) is 6.16. The molecule has 1 rings (SSSR count). The average Bonchev–Trinajstić information content (AvgIpc) is 2.33. The zero-order valence-electron chi connectivity index (χ0n) is 12.6. The lowest BCUT2D eigenvalue weighted by Gasteiger charge is -2.22. The fraction of sp³-hybridized carbons (Fsp3) is 0.533. The number of halogens is 3. The summed E-state index contributed by atoms with van der Waals surface area (Å²) in [6, 6.07) is 4.72. The zero-order chi connectivity index (χ0) is 16.3. The van der Waals surface area contributed by atoms with Crippen LogP contribution in [0, 0.1) is 0 Å². The van der Waals surface area contributed by atoms with Gasteiger partial charge in [-0.3, -0.25) is 4.79 Å². The van der Waals surface area contributed by atoms with E-state index in [-0.39, 0.29) is 24.0 Å². The normalized spacial score (nSPS) is 13.9. The van der Waals surface area contributed by atoms with Crippen molar-refractivity contribution in [3.8, 4) is 0 Å². The molecule has 1 atom stereocenters. The predicted molar refractivity (Wildman–Crippen MR) is 75.8 cm³/mol. The topological polar surface area (TPSA) is 41.1 Å². The number of benzene rings is 1. The maximum atomic E-state index is 12.5. The van der Waals surface area contributed by atoms with Crippen molar-refractivity contribution in [1.82, 2.24) is 10.6 Å². The third-order valence-corrected chi connectivity index (χ3v) is 2.82. The van der Waals surface area contributed by atoms with Gasteiger partial charge >= 0.3 is 6.18 Å². The number of rotatable bonds is 4. The Balaban J connectivity index is 2.56. The van der Waals surface area contributed by atoms with E-state index in [1.165, 1.54) is 12.1 Å². The van der Waals surface area contributed by atoms with Crippen LogP contribution in [0.2, 0.25) is 0 Å². The average molecular weight is 302 g/mol. The van der Waals surface area contributed by atoms with Crippen LogP contribution in [-0.2, 0) is 11.0 Å². The SMILES string of the molecule is CC(NCC(=O)NC(C)(C)C)c1ccc(C(F)(F)F)cc1. The minimum absolute atomic E-state index is 0.111. The first kappa shape index (κ1) is 17.5. The molecule has 21 heavy (non-hydrogen) atoms. The molecule has 0 aromatic heterocycles. The standard InChI is InChI=1S/C15H21F3N2O/c1-10(19-9-13(21)20-14(2,3)4)11-5-7-12(8-6-11)15(16,17)18/h5-8,10,19H,9H2,1-4H3,(H,20,21). The van der Waals surface area contributed by atoms with Crippen molar-refractivity contribution < 1.29 is 18.0 Å². The third-order valence-electron chi connectivity index (χ3n) is 2.82. The first-order valence-corrected chi connectivity index (χ1v) is 6.70. The fourth-order valence-corrected chi connectivity index (χ4v) is 1.79. The lowest BCUT2D eigenvalue weighted by atomic mass is 10.1. The Bertz CT molecular complexity index is 475. The maximum Gasteiger partial charge on any atom is 0.416 e. The molecular weight excluding hydrogens is 281 g/mol. The predicted octanol–water partition coefficient (Wildman–Crippen LogP) is 3.27. The molecule has 0 saturated heterocycles. The second kappa shape index (κ2) is 6.47. The highest BCUT2D eigenvalue weighted by Gasteiger charge is 2.30. The molecule has 6 heteroatoms. The second-order valence-corrected chi connectivity index (χ2v) is 6.02. The largest absolute Gasteiger partial charge is 0.416 e. The van der Waals surface area contributed by atoms with E-state index in [1.807, 2.05) is 20.8 Å². The summed E-state index contributed by atoms with van der Waals surface area (Å²) in [5.74, 6) is -0.152. The molecule has 0 radical (unpaired) electrons. The van der Waals surface area contributed by atoms with E-state index in [2.05, 4.69) is 10.6 Å². The highest BCUT2D eigenvalue weighted by Crippen LogP contribution is 2.29. The lowest BCUT2D eigenvalue weighted by Crippen LogP contribution is -2.45. The van der Waals surface area contributed by atoms with E-state index in [0.29, 0.717) is 5.56 Å². The van der Waals surface area contributed by atoms with Gasteiger partial charge in [0.2, 0.25) is 5.91 Å². The summed E-state index contributed by atoms with van der Waals surface area (Å²) in [6.45, 7) is 7.55. The van der Waals surface area contributed by atoms with Gasteiger partial charge in [-0.1, -0.05) is 12.1 Å². The Hall–Kier alpha value is -1.56. The summed E-state index contributed by atoms with van der Waals surface area (Å²) in [5.41, 5.74) is -0.286. The fourth-order valence-electron chi connectivity index (χ4n) is 1.79. The molecule has 1 aromatic carbocycles. The van der Waals surface area contributed by atoms with Crippen molar-refractivity contribution in [3.05, 3.63) is 35.4 Å². The quantitative estimate of drug-likeness (QED) is 0.896. The Morgan fingerprint density at radius 2 is 1.67 bits per heavy atom. The maximum absolute atomic E-state index is 12.5. The van der Waals surface area contributed by atoms with E-state index in [9.17, 15) is 18.0 Å². The van der Waals surface area contributed by atoms with Crippen molar-refractivity contribution in [2.75, 3.05) is 6.54 Å². The summed E-state index contributed by atoms with van der Waals surface area (Å²) in [4.78, 5) is 11.7. The number of hydrogen-bond acceptors (Lipinski definition) is 2. The molecule has 2 N–H and O–H groups in total. The molecule has 118 valence electrons. The Morgan fingerprint density at radius 1 is 1.14 bits per heavy atom. The van der Waals surface area contributed by atoms with Gasteiger partial charge in [0, 0.05) is 11.6 Å². The number of carbonyl (C=O) groups excluding carboxylic acids is 1. The summed E-state index contributed by atoms with van der Waals surface area (Å²) in [5, 5.41) is 5.79. The first-order chi connectivity index (χ1) is 9.49. The Labute approximate surface area is 122 Å². The van der Waals surface area contributed by atoms with Gasteiger partial charge < -0.3 is 10.6 Å². The van der Waals surface area contributed by atoms with Gasteiger partial charge in [-0.2, -0.15) is 13.2 Å². The smallest absolute Gasteiger partial charge is 0.350 e. The van der Waals surface area contributed by atoms with Crippen LogP contribution in [0.1, 0.15) is 44.9 Å². The van der Waals surface area contributed by atoms with Crippen molar-refractivity contribution >= 4 is 5.91 Å². The van der Waals surface area contributed by atoms with Crippen LogP contribution >= 0.6 is 0 Å². The van der Waals surface area contributed by atoms with Crippen LogP contribution in [0.5, 0.6) is 0 Å². The molecule has 1 unspecified atom stereocenters. The van der Waals surface area contributed by atoms with Gasteiger partial charge in [0.25, 0.3) is 0 Å². The molecular formula is C15H21F3N2O. The van der Waals surface area contributed by atoms with E-state index >= 15 is 0 Å². The highest BCUT2D eigenvalue weighted by molar-refractivity contribution is 5.78. The molecule has 0 fully saturated rings. The van der Waals surface area contributed by atoms with Crippen LogP contribution in [0.3, 0.4) is 0 Å². The lowest BCUT2D eigenvalue weighted by molar-refractivity contribution is -0.137. The molecule has 0 aliphatic heterocycles. The van der Waals surface area contributed by atoms with Crippen LogP contribution in [0.4, 0.5) is 13.2 Å². The number of carbonyl (C=O) groups is 1. The van der Waals surface area contributed by atoms with E-state index < -0.39 is 11.7 Å². The first-order valence-electron chi connectivity index (χ1n) is 6.70. The molecule has 0 aliphatic rings. The number of hydrogen-bond donors (Lipinski definition) is 2. The molecule has 0 saturated carbocycles. The van der Waals surface area contributed by atoms with E-state index in [1.54, 1.807) is 6.92 Å². The van der Waals surface area contributed by atoms with E-state index in [4.69, 9.17) is 0 Å². The van der Waals surface area contributed by atoms with Gasteiger partial charge in [-0.25, -0.2) is 0 Å². The number of amides is 1. The minimum atomic E-state index is -4.33. The minimum Gasteiger partial charge on any atom is -0.350 e. The number of nitrogens with one attached hydrogen (secondary N) is 2. The van der Waals surface area contributed by atoms with Gasteiger partial charge in [0.15, 0.2) is 0 Å². The van der Waals surface area contributed by atoms with Gasteiger partial charge in [0.05, 0.1) is 12.1 Å².